The highest BCUT2D eigenvalue weighted by Crippen LogP contribution is 2.24. The van der Waals surface area contributed by atoms with Crippen molar-refractivity contribution < 1.29 is 9.53 Å². The van der Waals surface area contributed by atoms with Gasteiger partial charge in [0.15, 0.2) is 5.16 Å². The predicted octanol–water partition coefficient (Wildman–Crippen LogP) is 4.86. The zero-order chi connectivity index (χ0) is 25.6. The van der Waals surface area contributed by atoms with Crippen LogP contribution in [-0.2, 0) is 17.9 Å². The Morgan fingerprint density at radius 3 is 2.46 bits per heavy atom. The van der Waals surface area contributed by atoms with Gasteiger partial charge in [-0.2, -0.15) is 0 Å². The van der Waals surface area contributed by atoms with Crippen LogP contribution in [0.1, 0.15) is 11.1 Å². The molecule has 3 aromatic carbocycles. The van der Waals surface area contributed by atoms with Crippen molar-refractivity contribution in [2.75, 3.05) is 12.9 Å². The molecule has 0 spiro atoms. The highest BCUT2D eigenvalue weighted by molar-refractivity contribution is 7.99. The Labute approximate surface area is 218 Å². The maximum Gasteiger partial charge on any atom is 0.278 e. The quantitative estimate of drug-likeness (QED) is 0.218. The van der Waals surface area contributed by atoms with Gasteiger partial charge in [-0.15, -0.1) is 0 Å². The van der Waals surface area contributed by atoms with Gasteiger partial charge >= 0.3 is 0 Å². The normalized spacial score (nSPS) is 10.9. The number of H-pyrrole nitrogens is 1. The van der Waals surface area contributed by atoms with E-state index in [2.05, 4.69) is 10.3 Å². The van der Waals surface area contributed by atoms with Crippen LogP contribution in [0.25, 0.3) is 22.3 Å². The van der Waals surface area contributed by atoms with Crippen LogP contribution in [0.5, 0.6) is 5.75 Å². The third-order valence-corrected chi connectivity index (χ3v) is 6.90. The molecular formula is C29H26N4O3S. The van der Waals surface area contributed by atoms with E-state index in [9.17, 15) is 9.59 Å². The molecule has 0 fully saturated rings. The number of amides is 1. The molecule has 2 aromatic heterocycles. The Morgan fingerprint density at radius 1 is 0.973 bits per heavy atom. The molecule has 0 atom stereocenters. The smallest absolute Gasteiger partial charge is 0.278 e. The van der Waals surface area contributed by atoms with Gasteiger partial charge < -0.3 is 15.0 Å². The highest BCUT2D eigenvalue weighted by atomic mass is 32.2. The molecule has 5 rings (SSSR count). The number of nitrogens with zero attached hydrogens (tertiary/aromatic N) is 2. The van der Waals surface area contributed by atoms with E-state index < -0.39 is 0 Å². The fraction of sp³-hybridized carbons (Fsp3) is 0.138. The molecule has 2 N–H and O–H groups in total. The van der Waals surface area contributed by atoms with Gasteiger partial charge in [-0.1, -0.05) is 84.6 Å². The second kappa shape index (κ2) is 11.2. The Balaban J connectivity index is 1.40. The fourth-order valence-corrected chi connectivity index (χ4v) is 4.86. The number of benzene rings is 3. The van der Waals surface area contributed by atoms with Crippen LogP contribution in [0.4, 0.5) is 0 Å². The minimum absolute atomic E-state index is 0.132. The summed E-state index contributed by atoms with van der Waals surface area (Å²) in [5.41, 5.74) is 4.57. The first-order valence-electron chi connectivity index (χ1n) is 11.9. The van der Waals surface area contributed by atoms with Crippen LogP contribution < -0.4 is 15.6 Å². The number of nitrogens with one attached hydrogen (secondary N) is 2. The number of aromatic amines is 1. The minimum Gasteiger partial charge on any atom is -0.497 e. The van der Waals surface area contributed by atoms with Crippen molar-refractivity contribution in [1.29, 1.82) is 0 Å². The summed E-state index contributed by atoms with van der Waals surface area (Å²) >= 11 is 1.25. The SMILES string of the molecule is COc1cccc(CNC(=O)CSc2nc3cc(-c4ccccc4)[nH]c3c(=O)n2Cc2ccccc2)c1. The molecule has 0 saturated carbocycles. The first-order valence-corrected chi connectivity index (χ1v) is 12.8. The average Bonchev–Trinajstić information content (AvgIpc) is 3.38. The Hall–Kier alpha value is -4.30. The number of ether oxygens (including phenoxy) is 1. The van der Waals surface area contributed by atoms with Crippen LogP contribution in [0, 0.1) is 0 Å². The molecule has 0 bridgehead atoms. The number of carbonyl (C=O) groups excluding carboxylic acids is 1. The molecule has 2 heterocycles. The van der Waals surface area contributed by atoms with Gasteiger partial charge in [0.1, 0.15) is 11.3 Å². The lowest BCUT2D eigenvalue weighted by atomic mass is 10.2. The predicted molar refractivity (Wildman–Crippen MR) is 147 cm³/mol. The monoisotopic (exact) mass is 510 g/mol. The third-order valence-electron chi connectivity index (χ3n) is 5.93. The van der Waals surface area contributed by atoms with Gasteiger partial charge in [-0.25, -0.2) is 4.98 Å². The van der Waals surface area contributed by atoms with Gasteiger partial charge in [0.05, 0.1) is 24.9 Å². The number of hydrogen-bond donors (Lipinski definition) is 2. The van der Waals surface area contributed by atoms with Crippen molar-refractivity contribution in [3.63, 3.8) is 0 Å². The lowest BCUT2D eigenvalue weighted by Crippen LogP contribution is -2.27. The number of fused-ring (bicyclic) bond motifs is 1. The summed E-state index contributed by atoms with van der Waals surface area (Å²) in [6, 6.07) is 29.0. The van der Waals surface area contributed by atoms with Gasteiger partial charge in [0.2, 0.25) is 5.91 Å². The number of thioether (sulfide) groups is 1. The summed E-state index contributed by atoms with van der Waals surface area (Å²) in [6.07, 6.45) is 0. The van der Waals surface area contributed by atoms with E-state index in [4.69, 9.17) is 9.72 Å². The lowest BCUT2D eigenvalue weighted by molar-refractivity contribution is -0.118. The van der Waals surface area contributed by atoms with Crippen LogP contribution in [-0.4, -0.2) is 33.3 Å². The molecule has 0 saturated heterocycles. The number of methoxy groups -OCH3 is 1. The topological polar surface area (TPSA) is 89.0 Å². The van der Waals surface area contributed by atoms with Crippen LogP contribution >= 0.6 is 11.8 Å². The number of carbonyl (C=O) groups is 1. The van der Waals surface area contributed by atoms with Crippen LogP contribution in [0.15, 0.2) is 101 Å². The second-order valence-electron chi connectivity index (χ2n) is 8.50. The summed E-state index contributed by atoms with van der Waals surface area (Å²) in [6.45, 7) is 0.744. The van der Waals surface area contributed by atoms with Crippen molar-refractivity contribution in [2.45, 2.75) is 18.2 Å². The highest BCUT2D eigenvalue weighted by Gasteiger charge is 2.16. The Bertz CT molecular complexity index is 1580. The van der Waals surface area contributed by atoms with Crippen molar-refractivity contribution in [3.05, 3.63) is 112 Å². The van der Waals surface area contributed by atoms with E-state index in [0.717, 1.165) is 28.1 Å². The van der Waals surface area contributed by atoms with Crippen molar-refractivity contribution in [2.24, 2.45) is 0 Å². The summed E-state index contributed by atoms with van der Waals surface area (Å²) in [5.74, 6) is 0.726. The fourth-order valence-electron chi connectivity index (χ4n) is 4.03. The molecule has 0 aliphatic heterocycles. The zero-order valence-corrected chi connectivity index (χ0v) is 21.1. The Morgan fingerprint density at radius 2 is 1.70 bits per heavy atom. The standard InChI is InChI=1S/C29H26N4O3S/c1-36-23-14-8-11-21(15-23)17-30-26(34)19-37-29-32-25-16-24(22-12-6-3-7-13-22)31-27(25)28(35)33(29)18-20-9-4-2-5-10-20/h2-16,31H,17-19H2,1H3,(H,30,34). The van der Waals surface area contributed by atoms with Gasteiger partial charge in [-0.3, -0.25) is 14.2 Å². The molecule has 5 aromatic rings. The van der Waals surface area contributed by atoms with Crippen molar-refractivity contribution in [3.8, 4) is 17.0 Å². The van der Waals surface area contributed by atoms with Crippen LogP contribution in [0.2, 0.25) is 0 Å². The van der Waals surface area contributed by atoms with E-state index in [1.807, 2.05) is 91.0 Å². The molecular weight excluding hydrogens is 484 g/mol. The number of hydrogen-bond acceptors (Lipinski definition) is 5. The average molecular weight is 511 g/mol. The molecule has 0 radical (unpaired) electrons. The summed E-state index contributed by atoms with van der Waals surface area (Å²) < 4.78 is 6.87. The second-order valence-corrected chi connectivity index (χ2v) is 9.44. The van der Waals surface area contributed by atoms with Gasteiger partial charge in [0, 0.05) is 12.2 Å². The van der Waals surface area contributed by atoms with E-state index in [1.54, 1.807) is 11.7 Å². The van der Waals surface area contributed by atoms with E-state index >= 15 is 0 Å². The summed E-state index contributed by atoms with van der Waals surface area (Å²) in [5, 5.41) is 3.43. The largest absolute Gasteiger partial charge is 0.497 e. The molecule has 186 valence electrons. The van der Waals surface area contributed by atoms with E-state index in [1.165, 1.54) is 11.8 Å². The summed E-state index contributed by atoms with van der Waals surface area (Å²) in [7, 11) is 1.61. The van der Waals surface area contributed by atoms with Crippen molar-refractivity contribution in [1.82, 2.24) is 19.9 Å². The van der Waals surface area contributed by atoms with Gasteiger partial charge in [-0.05, 0) is 34.9 Å². The Kier molecular flexibility index (Phi) is 7.37. The van der Waals surface area contributed by atoms with Crippen LogP contribution in [0.3, 0.4) is 0 Å². The molecule has 1 amide bonds. The summed E-state index contributed by atoms with van der Waals surface area (Å²) in [4.78, 5) is 34.3. The van der Waals surface area contributed by atoms with Crippen molar-refractivity contribution >= 4 is 28.7 Å². The van der Waals surface area contributed by atoms with Gasteiger partial charge in [0.25, 0.3) is 5.56 Å². The lowest BCUT2D eigenvalue weighted by Gasteiger charge is -2.12. The number of rotatable bonds is 9. The molecule has 0 unspecified atom stereocenters. The maximum atomic E-state index is 13.6. The first kappa shape index (κ1) is 24.4. The molecule has 7 nitrogen and oxygen atoms in total. The van der Waals surface area contributed by atoms with E-state index in [-0.39, 0.29) is 17.2 Å². The molecule has 0 aliphatic rings. The third kappa shape index (κ3) is 5.76. The zero-order valence-electron chi connectivity index (χ0n) is 20.3. The van der Waals surface area contributed by atoms with E-state index in [0.29, 0.717) is 29.3 Å². The number of aromatic nitrogens is 3. The first-order chi connectivity index (χ1) is 18.1. The maximum absolute atomic E-state index is 13.6. The minimum atomic E-state index is -0.171. The molecule has 8 heteroatoms. The molecule has 0 aliphatic carbocycles. The molecule has 37 heavy (non-hydrogen) atoms.